The van der Waals surface area contributed by atoms with Gasteiger partial charge in [-0.1, -0.05) is 37.3 Å². The summed E-state index contributed by atoms with van der Waals surface area (Å²) in [5.41, 5.74) is 1.12. The Morgan fingerprint density at radius 3 is 2.33 bits per heavy atom. The molecule has 0 aromatic heterocycles. The summed E-state index contributed by atoms with van der Waals surface area (Å²) in [4.78, 5) is 0. The van der Waals surface area contributed by atoms with Gasteiger partial charge >= 0.3 is 0 Å². The molecule has 1 atom stereocenters. The lowest BCUT2D eigenvalue weighted by Gasteiger charge is -2.28. The summed E-state index contributed by atoms with van der Waals surface area (Å²) in [6, 6.07) is 10.3. The van der Waals surface area contributed by atoms with E-state index in [1.807, 2.05) is 25.2 Å². The van der Waals surface area contributed by atoms with Crippen molar-refractivity contribution in [2.75, 3.05) is 7.05 Å². The van der Waals surface area contributed by atoms with E-state index < -0.39 is 0 Å². The molecule has 1 radical (unpaired) electrons. The molecule has 0 heterocycles. The van der Waals surface area contributed by atoms with Crippen LogP contribution in [0.25, 0.3) is 0 Å². The van der Waals surface area contributed by atoms with Crippen LogP contribution < -0.4 is 5.32 Å². The summed E-state index contributed by atoms with van der Waals surface area (Å²) in [6.07, 6.45) is 0.994. The molecule has 0 bridgehead atoms. The SMILES string of the molecule is [CH2][C@](CC)(NC)c1ccccc1. The molecule has 65 valence electrons. The van der Waals surface area contributed by atoms with Gasteiger partial charge in [-0.05, 0) is 26.0 Å². The van der Waals surface area contributed by atoms with Crippen molar-refractivity contribution >= 4 is 0 Å². The van der Waals surface area contributed by atoms with Gasteiger partial charge < -0.3 is 5.32 Å². The number of hydrogen-bond donors (Lipinski definition) is 1. The number of nitrogens with one attached hydrogen (secondary N) is 1. The third kappa shape index (κ3) is 1.67. The number of rotatable bonds is 3. The average molecular weight is 162 g/mol. The Balaban J connectivity index is 2.95. The van der Waals surface area contributed by atoms with Crippen molar-refractivity contribution < 1.29 is 0 Å². The van der Waals surface area contributed by atoms with Gasteiger partial charge in [-0.15, -0.1) is 0 Å². The van der Waals surface area contributed by atoms with E-state index in [4.69, 9.17) is 0 Å². The monoisotopic (exact) mass is 162 g/mol. The van der Waals surface area contributed by atoms with Gasteiger partial charge in [-0.2, -0.15) is 0 Å². The Bertz CT molecular complexity index is 224. The number of benzene rings is 1. The first kappa shape index (κ1) is 9.27. The quantitative estimate of drug-likeness (QED) is 0.719. The molecule has 1 nitrogen and oxygen atoms in total. The summed E-state index contributed by atoms with van der Waals surface area (Å²) >= 11 is 0. The lowest BCUT2D eigenvalue weighted by molar-refractivity contribution is 0.436. The molecule has 12 heavy (non-hydrogen) atoms. The van der Waals surface area contributed by atoms with Gasteiger partial charge in [-0.3, -0.25) is 0 Å². The zero-order chi connectivity index (χ0) is 9.03. The fourth-order valence-corrected chi connectivity index (χ4v) is 1.28. The second-order valence-corrected chi connectivity index (χ2v) is 3.05. The molecule has 0 unspecified atom stereocenters. The van der Waals surface area contributed by atoms with Gasteiger partial charge in [0, 0.05) is 5.54 Å². The number of hydrogen-bond acceptors (Lipinski definition) is 1. The van der Waals surface area contributed by atoms with Crippen molar-refractivity contribution in [3.8, 4) is 0 Å². The molecule has 0 aliphatic rings. The normalized spacial score (nSPS) is 15.6. The minimum absolute atomic E-state index is 0.124. The van der Waals surface area contributed by atoms with Crippen LogP contribution >= 0.6 is 0 Å². The highest BCUT2D eigenvalue weighted by atomic mass is 14.9. The molecule has 0 amide bonds. The van der Waals surface area contributed by atoms with Gasteiger partial charge in [0.15, 0.2) is 0 Å². The molecule has 0 saturated heterocycles. The zero-order valence-electron chi connectivity index (χ0n) is 7.80. The molecule has 0 fully saturated rings. The molecule has 1 aromatic rings. The first-order valence-electron chi connectivity index (χ1n) is 4.32. The van der Waals surface area contributed by atoms with Crippen LogP contribution in [0, 0.1) is 6.92 Å². The van der Waals surface area contributed by atoms with E-state index in [9.17, 15) is 0 Å². The van der Waals surface area contributed by atoms with E-state index in [2.05, 4.69) is 31.3 Å². The minimum atomic E-state index is -0.124. The zero-order valence-corrected chi connectivity index (χ0v) is 7.80. The molecule has 0 spiro atoms. The van der Waals surface area contributed by atoms with Crippen LogP contribution in [0.2, 0.25) is 0 Å². The largest absolute Gasteiger partial charge is 0.310 e. The fraction of sp³-hybridized carbons (Fsp3) is 0.364. The van der Waals surface area contributed by atoms with E-state index >= 15 is 0 Å². The van der Waals surface area contributed by atoms with Crippen LogP contribution in [0.3, 0.4) is 0 Å². The summed E-state index contributed by atoms with van der Waals surface area (Å²) < 4.78 is 0. The van der Waals surface area contributed by atoms with Crippen molar-refractivity contribution in [2.24, 2.45) is 0 Å². The third-order valence-corrected chi connectivity index (χ3v) is 2.41. The molecular weight excluding hydrogens is 146 g/mol. The van der Waals surface area contributed by atoms with Crippen LogP contribution in [0.5, 0.6) is 0 Å². The maximum absolute atomic E-state index is 4.17. The minimum Gasteiger partial charge on any atom is -0.310 e. The third-order valence-electron chi connectivity index (χ3n) is 2.41. The predicted molar refractivity (Wildman–Crippen MR) is 52.8 cm³/mol. The first-order valence-corrected chi connectivity index (χ1v) is 4.32. The highest BCUT2D eigenvalue weighted by Crippen LogP contribution is 2.22. The highest BCUT2D eigenvalue weighted by Gasteiger charge is 2.20. The van der Waals surface area contributed by atoms with Crippen LogP contribution in [0.4, 0.5) is 0 Å². The van der Waals surface area contributed by atoms with E-state index in [0.29, 0.717) is 0 Å². The van der Waals surface area contributed by atoms with Gasteiger partial charge in [0.2, 0.25) is 0 Å². The summed E-state index contributed by atoms with van der Waals surface area (Å²) in [5.74, 6) is 0. The Hall–Kier alpha value is -0.820. The Kier molecular flexibility index (Phi) is 2.88. The molecule has 0 aliphatic carbocycles. The highest BCUT2D eigenvalue weighted by molar-refractivity contribution is 5.25. The molecular formula is C11H16N. The second-order valence-electron chi connectivity index (χ2n) is 3.05. The van der Waals surface area contributed by atoms with Crippen LogP contribution in [0.1, 0.15) is 18.9 Å². The average Bonchev–Trinajstić information content (AvgIpc) is 2.18. The van der Waals surface area contributed by atoms with Crippen LogP contribution in [-0.2, 0) is 5.54 Å². The van der Waals surface area contributed by atoms with E-state index in [1.165, 1.54) is 5.56 Å². The second kappa shape index (κ2) is 3.72. The Morgan fingerprint density at radius 1 is 1.33 bits per heavy atom. The maximum atomic E-state index is 4.17. The lowest BCUT2D eigenvalue weighted by Crippen LogP contribution is -2.36. The predicted octanol–water partition coefficient (Wildman–Crippen LogP) is 2.35. The Morgan fingerprint density at radius 2 is 1.92 bits per heavy atom. The first-order chi connectivity index (χ1) is 5.73. The van der Waals surface area contributed by atoms with Gasteiger partial charge in [0.05, 0.1) is 0 Å². The van der Waals surface area contributed by atoms with Crippen molar-refractivity contribution in [3.05, 3.63) is 42.8 Å². The fourth-order valence-electron chi connectivity index (χ4n) is 1.28. The van der Waals surface area contributed by atoms with Crippen LogP contribution in [-0.4, -0.2) is 7.05 Å². The van der Waals surface area contributed by atoms with Crippen molar-refractivity contribution in [1.82, 2.24) is 5.32 Å². The van der Waals surface area contributed by atoms with E-state index in [-0.39, 0.29) is 5.54 Å². The molecule has 0 saturated carbocycles. The molecule has 1 rings (SSSR count). The summed E-state index contributed by atoms with van der Waals surface area (Å²) in [5, 5.41) is 3.23. The topological polar surface area (TPSA) is 12.0 Å². The standard InChI is InChI=1S/C11H16N/c1-4-11(2,12-3)10-8-6-5-7-9-10/h5-9,12H,2,4H2,1,3H3/t11-/m1/s1. The van der Waals surface area contributed by atoms with Crippen molar-refractivity contribution in [3.63, 3.8) is 0 Å². The van der Waals surface area contributed by atoms with Crippen molar-refractivity contribution in [1.29, 1.82) is 0 Å². The molecule has 0 aliphatic heterocycles. The maximum Gasteiger partial charge on any atom is 0.0430 e. The van der Waals surface area contributed by atoms with Gasteiger partial charge in [0.25, 0.3) is 0 Å². The molecule has 1 N–H and O–H groups in total. The van der Waals surface area contributed by atoms with E-state index in [0.717, 1.165) is 6.42 Å². The molecule has 1 heteroatoms. The lowest BCUT2D eigenvalue weighted by atomic mass is 9.90. The van der Waals surface area contributed by atoms with Crippen molar-refractivity contribution in [2.45, 2.75) is 18.9 Å². The molecule has 1 aromatic carbocycles. The smallest absolute Gasteiger partial charge is 0.0430 e. The summed E-state index contributed by atoms with van der Waals surface area (Å²) in [7, 11) is 1.95. The summed E-state index contributed by atoms with van der Waals surface area (Å²) in [6.45, 7) is 6.30. The van der Waals surface area contributed by atoms with Crippen LogP contribution in [0.15, 0.2) is 30.3 Å². The van der Waals surface area contributed by atoms with Gasteiger partial charge in [0.1, 0.15) is 0 Å². The van der Waals surface area contributed by atoms with Gasteiger partial charge in [-0.25, -0.2) is 0 Å². The van der Waals surface area contributed by atoms with E-state index in [1.54, 1.807) is 0 Å². The Labute approximate surface area is 74.8 Å².